The molecule has 0 saturated carbocycles. The zero-order valence-electron chi connectivity index (χ0n) is 10.5. The summed E-state index contributed by atoms with van der Waals surface area (Å²) in [5.41, 5.74) is 8.04. The van der Waals surface area contributed by atoms with Gasteiger partial charge < -0.3 is 11.1 Å². The minimum Gasteiger partial charge on any atom is -0.383 e. The Morgan fingerprint density at radius 3 is 2.56 bits per heavy atom. The van der Waals surface area contributed by atoms with Gasteiger partial charge in [0.1, 0.15) is 11.6 Å². The number of nitrogen functional groups attached to an aromatic ring is 1. The minimum absolute atomic E-state index is 0.474. The average molecular weight is 260 g/mol. The molecular formula is C13H16N4S. The van der Waals surface area contributed by atoms with Crippen molar-refractivity contribution >= 4 is 29.1 Å². The molecule has 0 amide bonds. The van der Waals surface area contributed by atoms with Gasteiger partial charge in [0.15, 0.2) is 5.16 Å². The van der Waals surface area contributed by atoms with Crippen LogP contribution in [-0.4, -0.2) is 16.2 Å². The smallest absolute Gasteiger partial charge is 0.191 e. The summed E-state index contributed by atoms with van der Waals surface area (Å²) in [5, 5.41) is 3.90. The average Bonchev–Trinajstić information content (AvgIpc) is 2.39. The number of thioether (sulfide) groups is 1. The first-order valence-corrected chi connectivity index (χ1v) is 6.98. The number of hydrogen-bond acceptors (Lipinski definition) is 5. The molecule has 4 nitrogen and oxygen atoms in total. The van der Waals surface area contributed by atoms with Crippen LogP contribution in [0, 0.1) is 0 Å². The Hall–Kier alpha value is -1.75. The number of aryl methyl sites for hydroxylation is 1. The highest BCUT2D eigenvalue weighted by molar-refractivity contribution is 7.98. The molecule has 3 N–H and O–H groups in total. The normalized spacial score (nSPS) is 10.3. The van der Waals surface area contributed by atoms with Crippen LogP contribution in [0.4, 0.5) is 17.3 Å². The van der Waals surface area contributed by atoms with Crippen LogP contribution >= 0.6 is 11.8 Å². The maximum absolute atomic E-state index is 5.73. The van der Waals surface area contributed by atoms with E-state index in [1.165, 1.54) is 17.3 Å². The summed E-state index contributed by atoms with van der Waals surface area (Å²) in [6.07, 6.45) is 2.96. The van der Waals surface area contributed by atoms with Crippen LogP contribution in [0.15, 0.2) is 35.5 Å². The van der Waals surface area contributed by atoms with Gasteiger partial charge in [-0.15, -0.1) is 0 Å². The highest BCUT2D eigenvalue weighted by Gasteiger charge is 2.02. The Morgan fingerprint density at radius 2 is 1.94 bits per heavy atom. The second kappa shape index (κ2) is 5.73. The summed E-state index contributed by atoms with van der Waals surface area (Å²) < 4.78 is 0. The topological polar surface area (TPSA) is 63.8 Å². The van der Waals surface area contributed by atoms with Gasteiger partial charge in [0.25, 0.3) is 0 Å². The van der Waals surface area contributed by atoms with E-state index in [0.29, 0.717) is 11.0 Å². The third-order valence-electron chi connectivity index (χ3n) is 2.54. The Morgan fingerprint density at radius 1 is 1.22 bits per heavy atom. The van der Waals surface area contributed by atoms with Gasteiger partial charge in [0.2, 0.25) is 0 Å². The summed E-state index contributed by atoms with van der Waals surface area (Å²) in [6, 6.07) is 10.0. The summed E-state index contributed by atoms with van der Waals surface area (Å²) in [5.74, 6) is 1.19. The number of rotatable bonds is 4. The molecule has 2 aromatic rings. The molecule has 94 valence electrons. The first-order chi connectivity index (χ1) is 8.71. The lowest BCUT2D eigenvalue weighted by Gasteiger charge is -2.08. The van der Waals surface area contributed by atoms with Crippen molar-refractivity contribution in [3.8, 4) is 0 Å². The number of hydrogen-bond donors (Lipinski definition) is 2. The molecule has 0 aliphatic carbocycles. The van der Waals surface area contributed by atoms with Gasteiger partial charge in [-0.25, -0.2) is 9.97 Å². The van der Waals surface area contributed by atoms with Crippen LogP contribution in [-0.2, 0) is 6.42 Å². The monoisotopic (exact) mass is 260 g/mol. The van der Waals surface area contributed by atoms with Gasteiger partial charge in [-0.05, 0) is 30.4 Å². The van der Waals surface area contributed by atoms with Crippen LogP contribution in [0.25, 0.3) is 0 Å². The SMILES string of the molecule is CCc1ccc(Nc2cc(N)nc(SC)n2)cc1. The third-order valence-corrected chi connectivity index (χ3v) is 3.09. The van der Waals surface area contributed by atoms with E-state index < -0.39 is 0 Å². The predicted octanol–water partition coefficient (Wildman–Crippen LogP) is 3.09. The first kappa shape index (κ1) is 12.7. The standard InChI is InChI=1S/C13H16N4S/c1-3-9-4-6-10(7-5-9)15-12-8-11(14)16-13(17-12)18-2/h4-8H,3H2,1-2H3,(H3,14,15,16,17). The van der Waals surface area contributed by atoms with Crippen molar-refractivity contribution < 1.29 is 0 Å². The minimum atomic E-state index is 0.474. The number of nitrogens with zero attached hydrogens (tertiary/aromatic N) is 2. The van der Waals surface area contributed by atoms with E-state index >= 15 is 0 Å². The lowest BCUT2D eigenvalue weighted by atomic mass is 10.1. The van der Waals surface area contributed by atoms with E-state index in [1.807, 2.05) is 18.4 Å². The summed E-state index contributed by atoms with van der Waals surface area (Å²) in [6.45, 7) is 2.14. The molecule has 18 heavy (non-hydrogen) atoms. The van der Waals surface area contributed by atoms with Crippen molar-refractivity contribution in [1.29, 1.82) is 0 Å². The van der Waals surface area contributed by atoms with Gasteiger partial charge in [-0.3, -0.25) is 0 Å². The molecule has 0 fully saturated rings. The maximum atomic E-state index is 5.73. The molecule has 1 aromatic carbocycles. The number of aromatic nitrogens is 2. The maximum Gasteiger partial charge on any atom is 0.191 e. The van der Waals surface area contributed by atoms with E-state index in [2.05, 4.69) is 34.3 Å². The highest BCUT2D eigenvalue weighted by atomic mass is 32.2. The Kier molecular flexibility index (Phi) is 4.04. The molecule has 0 radical (unpaired) electrons. The fourth-order valence-electron chi connectivity index (χ4n) is 1.57. The van der Waals surface area contributed by atoms with Crippen LogP contribution in [0.1, 0.15) is 12.5 Å². The van der Waals surface area contributed by atoms with E-state index in [0.717, 1.165) is 17.9 Å². The van der Waals surface area contributed by atoms with E-state index in [-0.39, 0.29) is 0 Å². The summed E-state index contributed by atoms with van der Waals surface area (Å²) >= 11 is 1.47. The number of benzene rings is 1. The van der Waals surface area contributed by atoms with Crippen molar-refractivity contribution in [3.05, 3.63) is 35.9 Å². The second-order valence-electron chi connectivity index (χ2n) is 3.84. The number of nitrogens with one attached hydrogen (secondary N) is 1. The van der Waals surface area contributed by atoms with Gasteiger partial charge >= 0.3 is 0 Å². The first-order valence-electron chi connectivity index (χ1n) is 5.75. The van der Waals surface area contributed by atoms with Crippen LogP contribution in [0.3, 0.4) is 0 Å². The molecule has 1 aromatic heterocycles. The van der Waals surface area contributed by atoms with Gasteiger partial charge in [-0.1, -0.05) is 30.8 Å². The zero-order valence-corrected chi connectivity index (χ0v) is 11.3. The predicted molar refractivity (Wildman–Crippen MR) is 77.3 cm³/mol. The van der Waals surface area contributed by atoms with Gasteiger partial charge in [-0.2, -0.15) is 0 Å². The third kappa shape index (κ3) is 3.13. The van der Waals surface area contributed by atoms with Crippen molar-refractivity contribution in [2.24, 2.45) is 0 Å². The van der Waals surface area contributed by atoms with Crippen LogP contribution < -0.4 is 11.1 Å². The quantitative estimate of drug-likeness (QED) is 0.653. The highest BCUT2D eigenvalue weighted by Crippen LogP contribution is 2.19. The molecule has 0 bridgehead atoms. The summed E-state index contributed by atoms with van der Waals surface area (Å²) in [4.78, 5) is 8.46. The lowest BCUT2D eigenvalue weighted by molar-refractivity contribution is 0.984. The molecular weight excluding hydrogens is 244 g/mol. The summed E-state index contributed by atoms with van der Waals surface area (Å²) in [7, 11) is 0. The molecule has 0 atom stereocenters. The number of anilines is 3. The Bertz CT molecular complexity index is 525. The molecule has 0 aliphatic rings. The van der Waals surface area contributed by atoms with E-state index in [9.17, 15) is 0 Å². The van der Waals surface area contributed by atoms with Crippen LogP contribution in [0.5, 0.6) is 0 Å². The lowest BCUT2D eigenvalue weighted by Crippen LogP contribution is -2.00. The van der Waals surface area contributed by atoms with E-state index in [4.69, 9.17) is 5.73 Å². The van der Waals surface area contributed by atoms with Gasteiger partial charge in [0, 0.05) is 11.8 Å². The Balaban J connectivity index is 2.19. The van der Waals surface area contributed by atoms with Crippen molar-refractivity contribution in [1.82, 2.24) is 9.97 Å². The van der Waals surface area contributed by atoms with Crippen molar-refractivity contribution in [3.63, 3.8) is 0 Å². The molecule has 0 aliphatic heterocycles. The fraction of sp³-hybridized carbons (Fsp3) is 0.231. The molecule has 0 spiro atoms. The van der Waals surface area contributed by atoms with Crippen molar-refractivity contribution in [2.75, 3.05) is 17.3 Å². The molecule has 2 rings (SSSR count). The van der Waals surface area contributed by atoms with Crippen LogP contribution in [0.2, 0.25) is 0 Å². The van der Waals surface area contributed by atoms with Crippen molar-refractivity contribution in [2.45, 2.75) is 18.5 Å². The molecule has 5 heteroatoms. The Labute approximate surface area is 111 Å². The van der Waals surface area contributed by atoms with Gasteiger partial charge in [0.05, 0.1) is 0 Å². The largest absolute Gasteiger partial charge is 0.383 e. The zero-order chi connectivity index (χ0) is 13.0. The fourth-order valence-corrected chi connectivity index (χ4v) is 1.96. The molecule has 0 saturated heterocycles. The molecule has 0 unspecified atom stereocenters. The van der Waals surface area contributed by atoms with E-state index in [1.54, 1.807) is 6.07 Å². The molecule has 1 heterocycles. The number of nitrogens with two attached hydrogens (primary N) is 1. The second-order valence-corrected chi connectivity index (χ2v) is 4.61.